The van der Waals surface area contributed by atoms with E-state index in [1.807, 2.05) is 6.07 Å². The van der Waals surface area contributed by atoms with Crippen molar-refractivity contribution < 1.29 is 18.7 Å². The van der Waals surface area contributed by atoms with Crippen molar-refractivity contribution in [2.24, 2.45) is 0 Å². The van der Waals surface area contributed by atoms with Gasteiger partial charge < -0.3 is 19.8 Å². The van der Waals surface area contributed by atoms with E-state index in [0.29, 0.717) is 17.0 Å². The number of nitrogens with zero attached hydrogens (tertiary/aromatic N) is 1. The third-order valence-corrected chi connectivity index (χ3v) is 3.06. The van der Waals surface area contributed by atoms with Crippen LogP contribution in [-0.4, -0.2) is 19.0 Å². The molecule has 0 aliphatic heterocycles. The Kier molecular flexibility index (Phi) is 5.75. The predicted octanol–water partition coefficient (Wildman–Crippen LogP) is 2.20. The van der Waals surface area contributed by atoms with E-state index < -0.39 is 11.9 Å². The minimum Gasteiger partial charge on any atom is -0.467 e. The summed E-state index contributed by atoms with van der Waals surface area (Å²) in [4.78, 5) is 23.3. The van der Waals surface area contributed by atoms with Crippen molar-refractivity contribution in [1.29, 1.82) is 5.26 Å². The molecule has 1 amide bonds. The SMILES string of the molecule is COC(=O)c1ccc(NC=C(C#N)C(=O)NCc2ccco2)cc1. The van der Waals surface area contributed by atoms with Gasteiger partial charge in [0.1, 0.15) is 17.4 Å². The zero-order chi connectivity index (χ0) is 17.4. The lowest BCUT2D eigenvalue weighted by Gasteiger charge is -2.05. The van der Waals surface area contributed by atoms with Crippen LogP contribution in [0.25, 0.3) is 0 Å². The van der Waals surface area contributed by atoms with Gasteiger partial charge in [-0.15, -0.1) is 0 Å². The molecule has 24 heavy (non-hydrogen) atoms. The number of anilines is 1. The Hall–Kier alpha value is -3.53. The molecule has 0 aliphatic rings. The molecule has 1 aromatic heterocycles. The van der Waals surface area contributed by atoms with Crippen molar-refractivity contribution in [1.82, 2.24) is 5.32 Å². The molecule has 2 N–H and O–H groups in total. The number of nitriles is 1. The van der Waals surface area contributed by atoms with Crippen LogP contribution < -0.4 is 10.6 Å². The zero-order valence-corrected chi connectivity index (χ0v) is 12.9. The highest BCUT2D eigenvalue weighted by Crippen LogP contribution is 2.11. The minimum atomic E-state index is -0.521. The Morgan fingerprint density at radius 1 is 1.29 bits per heavy atom. The molecule has 0 radical (unpaired) electrons. The number of amides is 1. The lowest BCUT2D eigenvalue weighted by molar-refractivity contribution is -0.117. The first-order valence-corrected chi connectivity index (χ1v) is 7.00. The fourth-order valence-electron chi connectivity index (χ4n) is 1.80. The van der Waals surface area contributed by atoms with Crippen LogP contribution in [0.1, 0.15) is 16.1 Å². The van der Waals surface area contributed by atoms with Crippen LogP contribution in [0.3, 0.4) is 0 Å². The number of benzene rings is 1. The number of hydrogen-bond donors (Lipinski definition) is 2. The maximum Gasteiger partial charge on any atom is 0.337 e. The zero-order valence-electron chi connectivity index (χ0n) is 12.9. The first-order chi connectivity index (χ1) is 11.6. The largest absolute Gasteiger partial charge is 0.467 e. The summed E-state index contributed by atoms with van der Waals surface area (Å²) >= 11 is 0. The fraction of sp³-hybridized carbons (Fsp3) is 0.118. The number of methoxy groups -OCH3 is 1. The van der Waals surface area contributed by atoms with Gasteiger partial charge in [-0.2, -0.15) is 5.26 Å². The van der Waals surface area contributed by atoms with Crippen molar-refractivity contribution in [3.8, 4) is 6.07 Å². The summed E-state index contributed by atoms with van der Waals surface area (Å²) in [6.07, 6.45) is 2.80. The van der Waals surface area contributed by atoms with Crippen molar-refractivity contribution >= 4 is 17.6 Å². The Morgan fingerprint density at radius 3 is 2.62 bits per heavy atom. The van der Waals surface area contributed by atoms with Crippen LogP contribution in [-0.2, 0) is 16.1 Å². The molecule has 2 rings (SSSR count). The number of nitrogens with one attached hydrogen (secondary N) is 2. The average molecular weight is 325 g/mol. The van der Waals surface area contributed by atoms with E-state index in [4.69, 9.17) is 9.68 Å². The van der Waals surface area contributed by atoms with Gasteiger partial charge in [0, 0.05) is 11.9 Å². The van der Waals surface area contributed by atoms with E-state index in [9.17, 15) is 9.59 Å². The van der Waals surface area contributed by atoms with Crippen molar-refractivity contribution in [3.63, 3.8) is 0 Å². The molecule has 0 bridgehead atoms. The smallest absolute Gasteiger partial charge is 0.337 e. The fourth-order valence-corrected chi connectivity index (χ4v) is 1.80. The molecule has 7 nitrogen and oxygen atoms in total. The maximum absolute atomic E-state index is 11.9. The van der Waals surface area contributed by atoms with Gasteiger partial charge in [0.25, 0.3) is 5.91 Å². The summed E-state index contributed by atoms with van der Waals surface area (Å²) in [5.41, 5.74) is 0.941. The van der Waals surface area contributed by atoms with Gasteiger partial charge in [0.05, 0.1) is 25.5 Å². The highest BCUT2D eigenvalue weighted by atomic mass is 16.5. The molecule has 0 spiro atoms. The molecule has 0 fully saturated rings. The Balaban J connectivity index is 1.96. The second kappa shape index (κ2) is 8.19. The molecular weight excluding hydrogens is 310 g/mol. The number of carbonyl (C=O) groups excluding carboxylic acids is 2. The van der Waals surface area contributed by atoms with Gasteiger partial charge >= 0.3 is 5.97 Å². The molecule has 0 aliphatic carbocycles. The van der Waals surface area contributed by atoms with Crippen LogP contribution >= 0.6 is 0 Å². The van der Waals surface area contributed by atoms with Crippen molar-refractivity contribution in [2.75, 3.05) is 12.4 Å². The number of hydrogen-bond acceptors (Lipinski definition) is 6. The molecule has 1 heterocycles. The van der Waals surface area contributed by atoms with Gasteiger partial charge in [-0.3, -0.25) is 4.79 Å². The Morgan fingerprint density at radius 2 is 2.04 bits per heavy atom. The standard InChI is InChI=1S/C17H15N3O4/c1-23-17(22)12-4-6-14(7-5-12)19-10-13(9-18)16(21)20-11-15-3-2-8-24-15/h2-8,10,19H,11H2,1H3,(H,20,21). The first kappa shape index (κ1) is 16.8. The van der Waals surface area contributed by atoms with E-state index >= 15 is 0 Å². The van der Waals surface area contributed by atoms with Gasteiger partial charge in [-0.05, 0) is 36.4 Å². The predicted molar refractivity (Wildman–Crippen MR) is 85.7 cm³/mol. The number of ether oxygens (including phenoxy) is 1. The molecule has 7 heteroatoms. The van der Waals surface area contributed by atoms with E-state index in [0.717, 1.165) is 0 Å². The van der Waals surface area contributed by atoms with Crippen LogP contribution in [0.2, 0.25) is 0 Å². The summed E-state index contributed by atoms with van der Waals surface area (Å²) in [5.74, 6) is -0.369. The molecule has 0 saturated heterocycles. The lowest BCUT2D eigenvalue weighted by atomic mass is 10.2. The number of carbonyl (C=O) groups is 2. The lowest BCUT2D eigenvalue weighted by Crippen LogP contribution is -2.24. The maximum atomic E-state index is 11.9. The summed E-state index contributed by atoms with van der Waals surface area (Å²) in [6.45, 7) is 0.193. The molecular formula is C17H15N3O4. The molecule has 0 atom stereocenters. The summed E-state index contributed by atoms with van der Waals surface area (Å²) in [7, 11) is 1.30. The molecule has 1 aromatic carbocycles. The highest BCUT2D eigenvalue weighted by molar-refractivity contribution is 5.97. The van der Waals surface area contributed by atoms with E-state index in [-0.39, 0.29) is 12.1 Å². The second-order valence-electron chi connectivity index (χ2n) is 4.65. The molecule has 2 aromatic rings. The Labute approximate surface area is 138 Å². The average Bonchev–Trinajstić information content (AvgIpc) is 3.14. The normalized spacial score (nSPS) is 10.6. The topological polar surface area (TPSA) is 104 Å². The van der Waals surface area contributed by atoms with Crippen molar-refractivity contribution in [2.45, 2.75) is 6.54 Å². The molecule has 0 saturated carbocycles. The van der Waals surface area contributed by atoms with Gasteiger partial charge in [0.2, 0.25) is 0 Å². The van der Waals surface area contributed by atoms with Crippen LogP contribution in [0, 0.1) is 11.3 Å². The van der Waals surface area contributed by atoms with E-state index in [2.05, 4.69) is 15.4 Å². The van der Waals surface area contributed by atoms with Crippen molar-refractivity contribution in [3.05, 3.63) is 65.8 Å². The third-order valence-electron chi connectivity index (χ3n) is 3.06. The number of rotatable bonds is 6. The number of esters is 1. The first-order valence-electron chi connectivity index (χ1n) is 7.00. The Bertz CT molecular complexity index is 771. The van der Waals surface area contributed by atoms with E-state index in [1.165, 1.54) is 19.6 Å². The summed E-state index contributed by atoms with van der Waals surface area (Å²) in [6, 6.07) is 11.7. The molecule has 0 unspecified atom stereocenters. The quantitative estimate of drug-likeness (QED) is 0.479. The highest BCUT2D eigenvalue weighted by Gasteiger charge is 2.09. The number of furan rings is 1. The van der Waals surface area contributed by atoms with Gasteiger partial charge in [-0.1, -0.05) is 0 Å². The van der Waals surface area contributed by atoms with Gasteiger partial charge in [-0.25, -0.2) is 4.79 Å². The molecule has 122 valence electrons. The summed E-state index contributed by atoms with van der Waals surface area (Å²) in [5, 5.41) is 14.5. The van der Waals surface area contributed by atoms with Gasteiger partial charge in [0.15, 0.2) is 0 Å². The van der Waals surface area contributed by atoms with E-state index in [1.54, 1.807) is 36.4 Å². The monoisotopic (exact) mass is 325 g/mol. The summed E-state index contributed by atoms with van der Waals surface area (Å²) < 4.78 is 9.70. The third kappa shape index (κ3) is 4.48. The van der Waals surface area contributed by atoms with Crippen LogP contribution in [0.5, 0.6) is 0 Å². The van der Waals surface area contributed by atoms with Crippen LogP contribution in [0.15, 0.2) is 58.9 Å². The second-order valence-corrected chi connectivity index (χ2v) is 4.65. The minimum absolute atomic E-state index is 0.0846. The van der Waals surface area contributed by atoms with Crippen LogP contribution in [0.4, 0.5) is 5.69 Å².